The molecule has 96 valence electrons. The molecule has 0 aliphatic rings. The Hall–Kier alpha value is -3.13. The van der Waals surface area contributed by atoms with Crippen LogP contribution in [0.5, 0.6) is 11.5 Å². The summed E-state index contributed by atoms with van der Waals surface area (Å²) in [5, 5.41) is 17.9. The minimum Gasteiger partial charge on any atom is -0.454 e. The molecule has 5 nitrogen and oxygen atoms in total. The van der Waals surface area contributed by atoms with Crippen LogP contribution in [0.25, 0.3) is 10.9 Å². The van der Waals surface area contributed by atoms with Crippen LogP contribution < -0.4 is 10.5 Å². The third-order valence-electron chi connectivity index (χ3n) is 2.85. The summed E-state index contributed by atoms with van der Waals surface area (Å²) >= 11 is 0. The third-order valence-corrected chi connectivity index (χ3v) is 2.85. The molecule has 0 unspecified atom stereocenters. The highest BCUT2D eigenvalue weighted by Gasteiger charge is 2.08. The number of nitrogens with zero attached hydrogens (tertiary/aromatic N) is 3. The van der Waals surface area contributed by atoms with Crippen LogP contribution in [0.3, 0.4) is 0 Å². The van der Waals surface area contributed by atoms with E-state index >= 15 is 0 Å². The van der Waals surface area contributed by atoms with Gasteiger partial charge in [0.2, 0.25) is 0 Å². The van der Waals surface area contributed by atoms with Crippen LogP contribution in [-0.2, 0) is 0 Å². The highest BCUT2D eigenvalue weighted by molar-refractivity contribution is 5.84. The first-order valence-electron chi connectivity index (χ1n) is 5.96. The highest BCUT2D eigenvalue weighted by Crippen LogP contribution is 2.30. The van der Waals surface area contributed by atoms with Crippen molar-refractivity contribution in [1.29, 1.82) is 5.26 Å². The smallest absolute Gasteiger partial charge is 0.157 e. The topological polar surface area (TPSA) is 84.8 Å². The van der Waals surface area contributed by atoms with Gasteiger partial charge < -0.3 is 10.5 Å². The molecule has 3 aromatic rings. The maximum Gasteiger partial charge on any atom is 0.157 e. The van der Waals surface area contributed by atoms with Crippen molar-refractivity contribution in [2.75, 3.05) is 5.73 Å². The van der Waals surface area contributed by atoms with Gasteiger partial charge in [0, 0.05) is 11.1 Å². The zero-order valence-electron chi connectivity index (χ0n) is 10.4. The van der Waals surface area contributed by atoms with E-state index in [2.05, 4.69) is 16.3 Å². The average molecular weight is 262 g/mol. The molecule has 1 aromatic heterocycles. The number of hydrogen-bond donors (Lipinski definition) is 1. The molecule has 5 heteroatoms. The minimum absolute atomic E-state index is 0.380. The number of rotatable bonds is 2. The molecule has 0 saturated heterocycles. The van der Waals surface area contributed by atoms with Crippen molar-refractivity contribution in [3.63, 3.8) is 0 Å². The third kappa shape index (κ3) is 2.10. The van der Waals surface area contributed by atoms with Crippen molar-refractivity contribution in [3.05, 3.63) is 54.2 Å². The number of ether oxygens (including phenoxy) is 1. The lowest BCUT2D eigenvalue weighted by atomic mass is 10.2. The molecule has 3 rings (SSSR count). The van der Waals surface area contributed by atoms with E-state index in [0.717, 1.165) is 10.9 Å². The van der Waals surface area contributed by atoms with E-state index in [1.165, 1.54) is 6.20 Å². The van der Waals surface area contributed by atoms with Crippen LogP contribution in [0.2, 0.25) is 0 Å². The lowest BCUT2D eigenvalue weighted by Crippen LogP contribution is -1.93. The molecule has 0 amide bonds. The average Bonchev–Trinajstić information content (AvgIpc) is 2.49. The molecule has 0 atom stereocenters. The van der Waals surface area contributed by atoms with Gasteiger partial charge in [0.25, 0.3) is 0 Å². The summed E-state index contributed by atoms with van der Waals surface area (Å²) in [4.78, 5) is 0. The molecule has 0 bridgehead atoms. The molecule has 0 spiro atoms. The van der Waals surface area contributed by atoms with E-state index in [0.29, 0.717) is 22.7 Å². The van der Waals surface area contributed by atoms with Gasteiger partial charge in [-0.25, -0.2) is 0 Å². The van der Waals surface area contributed by atoms with Crippen molar-refractivity contribution in [1.82, 2.24) is 10.2 Å². The van der Waals surface area contributed by atoms with Gasteiger partial charge in [0.15, 0.2) is 5.75 Å². The molecule has 20 heavy (non-hydrogen) atoms. The Bertz CT molecular complexity index is 818. The molecule has 0 saturated carbocycles. The Morgan fingerprint density at radius 3 is 2.80 bits per heavy atom. The largest absolute Gasteiger partial charge is 0.454 e. The summed E-state index contributed by atoms with van der Waals surface area (Å²) in [7, 11) is 0. The second-order valence-corrected chi connectivity index (χ2v) is 4.20. The molecule has 0 aliphatic heterocycles. The van der Waals surface area contributed by atoms with Gasteiger partial charge in [-0.15, -0.1) is 0 Å². The number of hydrogen-bond acceptors (Lipinski definition) is 5. The van der Waals surface area contributed by atoms with E-state index in [1.807, 2.05) is 24.3 Å². The second-order valence-electron chi connectivity index (χ2n) is 4.20. The van der Waals surface area contributed by atoms with Gasteiger partial charge in [0.1, 0.15) is 11.8 Å². The number of fused-ring (bicyclic) bond motifs is 1. The molecular formula is C15H10N4O. The normalized spacial score (nSPS) is 10.2. The van der Waals surface area contributed by atoms with Gasteiger partial charge in [-0.05, 0) is 30.3 Å². The number of nitrogen functional groups attached to an aromatic ring is 1. The van der Waals surface area contributed by atoms with E-state index < -0.39 is 0 Å². The number of nitrogens with two attached hydrogens (primary N) is 1. The van der Waals surface area contributed by atoms with Crippen molar-refractivity contribution in [2.45, 2.75) is 0 Å². The zero-order valence-corrected chi connectivity index (χ0v) is 10.4. The molecule has 0 fully saturated rings. The van der Waals surface area contributed by atoms with Crippen LogP contribution in [0, 0.1) is 11.3 Å². The molecule has 2 N–H and O–H groups in total. The van der Waals surface area contributed by atoms with E-state index in [1.54, 1.807) is 18.2 Å². The van der Waals surface area contributed by atoms with Crippen molar-refractivity contribution >= 4 is 16.6 Å². The van der Waals surface area contributed by atoms with Crippen LogP contribution in [-0.4, -0.2) is 10.2 Å². The summed E-state index contributed by atoms with van der Waals surface area (Å²) in [5.41, 5.74) is 7.29. The summed E-state index contributed by atoms with van der Waals surface area (Å²) in [6.45, 7) is 0. The predicted molar refractivity (Wildman–Crippen MR) is 75.2 cm³/mol. The lowest BCUT2D eigenvalue weighted by molar-refractivity contribution is 0.483. The maximum atomic E-state index is 9.12. The first kappa shape index (κ1) is 11.9. The zero-order chi connectivity index (χ0) is 13.9. The van der Waals surface area contributed by atoms with E-state index in [9.17, 15) is 0 Å². The number of aromatic nitrogens is 2. The van der Waals surface area contributed by atoms with E-state index in [-0.39, 0.29) is 0 Å². The Morgan fingerprint density at radius 1 is 1.10 bits per heavy atom. The second kappa shape index (κ2) is 4.86. The molecular weight excluding hydrogens is 252 g/mol. The fourth-order valence-electron chi connectivity index (χ4n) is 1.91. The molecule has 2 aromatic carbocycles. The molecule has 0 radical (unpaired) electrons. The molecule has 0 aliphatic carbocycles. The van der Waals surface area contributed by atoms with Crippen molar-refractivity contribution in [2.24, 2.45) is 0 Å². The first-order valence-corrected chi connectivity index (χ1v) is 5.96. The monoisotopic (exact) mass is 262 g/mol. The first-order chi connectivity index (χ1) is 9.78. The summed E-state index contributed by atoms with van der Waals surface area (Å²) in [5.74, 6) is 0.997. The molecule has 1 heterocycles. The van der Waals surface area contributed by atoms with E-state index in [4.69, 9.17) is 15.7 Å². The minimum atomic E-state index is 0.380. The van der Waals surface area contributed by atoms with Crippen LogP contribution in [0.1, 0.15) is 5.56 Å². The van der Waals surface area contributed by atoms with Gasteiger partial charge in [-0.1, -0.05) is 12.1 Å². The Balaban J connectivity index is 2.08. The van der Waals surface area contributed by atoms with Crippen molar-refractivity contribution < 1.29 is 4.74 Å². The van der Waals surface area contributed by atoms with Gasteiger partial charge in [-0.2, -0.15) is 15.5 Å². The van der Waals surface area contributed by atoms with Crippen LogP contribution in [0.4, 0.5) is 5.69 Å². The predicted octanol–water partition coefficient (Wildman–Crippen LogP) is 2.88. The number of anilines is 1. The maximum absolute atomic E-state index is 9.12. The Labute approximate surface area is 115 Å². The van der Waals surface area contributed by atoms with Gasteiger partial charge >= 0.3 is 0 Å². The van der Waals surface area contributed by atoms with Gasteiger partial charge in [0.05, 0.1) is 17.3 Å². The Kier molecular flexibility index (Phi) is 2.90. The fourth-order valence-corrected chi connectivity index (χ4v) is 1.91. The highest BCUT2D eigenvalue weighted by atomic mass is 16.5. The summed E-state index contributed by atoms with van der Waals surface area (Å²) in [6.07, 6.45) is 1.53. The van der Waals surface area contributed by atoms with Gasteiger partial charge in [-0.3, -0.25) is 0 Å². The summed E-state index contributed by atoms with van der Waals surface area (Å²) < 4.78 is 5.79. The van der Waals surface area contributed by atoms with Crippen LogP contribution >= 0.6 is 0 Å². The quantitative estimate of drug-likeness (QED) is 0.718. The number of benzene rings is 2. The standard InChI is InChI=1S/C15H10N4O/c16-8-10-7-11(17)5-6-14(10)20-15-9-18-19-13-4-2-1-3-12(13)15/h1-7,9H,17H2. The van der Waals surface area contributed by atoms with Crippen molar-refractivity contribution in [3.8, 4) is 17.6 Å². The SMILES string of the molecule is N#Cc1cc(N)ccc1Oc1cnnc2ccccc12. The van der Waals surface area contributed by atoms with Crippen LogP contribution in [0.15, 0.2) is 48.7 Å². The lowest BCUT2D eigenvalue weighted by Gasteiger charge is -2.09. The summed E-state index contributed by atoms with van der Waals surface area (Å²) in [6, 6.07) is 14.5. The number of nitriles is 1. The Morgan fingerprint density at radius 2 is 1.95 bits per heavy atom. The fraction of sp³-hybridized carbons (Fsp3) is 0.